The van der Waals surface area contributed by atoms with E-state index in [9.17, 15) is 14.9 Å². The number of carbonyl (C=O) groups is 1. The number of hydrogen-bond acceptors (Lipinski definition) is 4. The van der Waals surface area contributed by atoms with Crippen molar-refractivity contribution in [3.63, 3.8) is 0 Å². The minimum Gasteiger partial charge on any atom is -0.293 e. The highest BCUT2D eigenvalue weighted by Crippen LogP contribution is 2.25. The van der Waals surface area contributed by atoms with Crippen LogP contribution < -0.4 is 0 Å². The van der Waals surface area contributed by atoms with Gasteiger partial charge in [0.25, 0.3) is 5.69 Å². The predicted octanol–water partition coefficient (Wildman–Crippen LogP) is 5.03. The molecule has 3 rings (SSSR count). The Bertz CT molecular complexity index is 937. The summed E-state index contributed by atoms with van der Waals surface area (Å²) in [5.41, 5.74) is 0.913. The van der Waals surface area contributed by atoms with Gasteiger partial charge in [-0.1, -0.05) is 42.5 Å². The molecule has 0 bridgehead atoms. The van der Waals surface area contributed by atoms with Gasteiger partial charge in [0.1, 0.15) is 0 Å². The van der Waals surface area contributed by atoms with Crippen LogP contribution in [0.25, 0.3) is 10.8 Å². The third-order valence-electron chi connectivity index (χ3n) is 3.82. The fourth-order valence-corrected chi connectivity index (χ4v) is 3.31. The molecule has 0 aliphatic heterocycles. The molecule has 0 heterocycles. The fraction of sp³-hybridized carbons (Fsp3) is 0.105. The molecule has 0 unspecified atom stereocenters. The lowest BCUT2D eigenvalue weighted by atomic mass is 10.1. The van der Waals surface area contributed by atoms with Crippen molar-refractivity contribution in [1.82, 2.24) is 0 Å². The number of nitrogens with zero attached hydrogens (tertiary/aromatic N) is 1. The Morgan fingerprint density at radius 3 is 2.54 bits per heavy atom. The first kappa shape index (κ1) is 16.2. The molecule has 120 valence electrons. The van der Waals surface area contributed by atoms with Gasteiger partial charge in [-0.25, -0.2) is 0 Å². The van der Waals surface area contributed by atoms with Crippen molar-refractivity contribution in [2.75, 3.05) is 5.75 Å². The molecule has 0 amide bonds. The molecule has 0 atom stereocenters. The maximum Gasteiger partial charge on any atom is 0.273 e. The van der Waals surface area contributed by atoms with Crippen molar-refractivity contribution < 1.29 is 9.72 Å². The Balaban J connectivity index is 1.75. The van der Waals surface area contributed by atoms with Gasteiger partial charge in [0.05, 0.1) is 10.7 Å². The number of rotatable bonds is 5. The summed E-state index contributed by atoms with van der Waals surface area (Å²) in [5, 5.41) is 13.3. The third kappa shape index (κ3) is 3.46. The zero-order valence-corrected chi connectivity index (χ0v) is 13.9. The number of thioether (sulfide) groups is 1. The normalized spacial score (nSPS) is 10.7. The van der Waals surface area contributed by atoms with E-state index in [1.54, 1.807) is 19.1 Å². The Hall–Kier alpha value is -2.66. The number of Topliss-reactive ketones (excluding diaryl/α,β-unsaturated/α-hetero) is 1. The predicted molar refractivity (Wildman–Crippen MR) is 96.8 cm³/mol. The van der Waals surface area contributed by atoms with Crippen molar-refractivity contribution >= 4 is 34.0 Å². The molecule has 0 saturated heterocycles. The van der Waals surface area contributed by atoms with Crippen molar-refractivity contribution in [2.45, 2.75) is 11.8 Å². The third-order valence-corrected chi connectivity index (χ3v) is 4.81. The molecule has 0 aromatic heterocycles. The van der Waals surface area contributed by atoms with Gasteiger partial charge >= 0.3 is 0 Å². The van der Waals surface area contributed by atoms with E-state index >= 15 is 0 Å². The van der Waals surface area contributed by atoms with Crippen LogP contribution >= 0.6 is 11.8 Å². The van der Waals surface area contributed by atoms with Gasteiger partial charge in [0, 0.05) is 22.1 Å². The van der Waals surface area contributed by atoms with Gasteiger partial charge in [0.2, 0.25) is 0 Å². The van der Waals surface area contributed by atoms with Gasteiger partial charge in [-0.3, -0.25) is 14.9 Å². The van der Waals surface area contributed by atoms with E-state index in [4.69, 9.17) is 0 Å². The monoisotopic (exact) mass is 337 g/mol. The summed E-state index contributed by atoms with van der Waals surface area (Å²) in [5.74, 6) is 0.134. The Morgan fingerprint density at radius 2 is 1.79 bits per heavy atom. The summed E-state index contributed by atoms with van der Waals surface area (Å²) in [4.78, 5) is 23.9. The molecule has 3 aromatic carbocycles. The quantitative estimate of drug-likeness (QED) is 0.283. The van der Waals surface area contributed by atoms with E-state index in [2.05, 4.69) is 0 Å². The fourth-order valence-electron chi connectivity index (χ4n) is 2.47. The minimum atomic E-state index is -0.456. The van der Waals surface area contributed by atoms with Crippen molar-refractivity contribution in [3.8, 4) is 0 Å². The van der Waals surface area contributed by atoms with Crippen LogP contribution in [0.3, 0.4) is 0 Å². The van der Waals surface area contributed by atoms with E-state index in [0.29, 0.717) is 11.1 Å². The maximum atomic E-state index is 12.3. The summed E-state index contributed by atoms with van der Waals surface area (Å²) in [6.45, 7) is 1.66. The number of hydrogen-bond donors (Lipinski definition) is 0. The molecule has 0 spiro atoms. The number of nitro benzene ring substituents is 1. The highest BCUT2D eigenvalue weighted by atomic mass is 32.2. The van der Waals surface area contributed by atoms with Crippen LogP contribution in [0.4, 0.5) is 5.69 Å². The molecular formula is C19H15NO3S. The van der Waals surface area contributed by atoms with Crippen LogP contribution in [0.5, 0.6) is 0 Å². The zero-order valence-electron chi connectivity index (χ0n) is 13.1. The average molecular weight is 337 g/mol. The van der Waals surface area contributed by atoms with Crippen molar-refractivity contribution in [1.29, 1.82) is 0 Å². The van der Waals surface area contributed by atoms with Gasteiger partial charge < -0.3 is 0 Å². The summed E-state index contributed by atoms with van der Waals surface area (Å²) in [6.07, 6.45) is 0. The highest BCUT2D eigenvalue weighted by Gasteiger charge is 2.15. The number of benzene rings is 3. The van der Waals surface area contributed by atoms with E-state index in [1.807, 2.05) is 42.5 Å². The largest absolute Gasteiger partial charge is 0.293 e. The number of aryl methyl sites for hydroxylation is 1. The van der Waals surface area contributed by atoms with Crippen molar-refractivity contribution in [3.05, 3.63) is 81.9 Å². The number of nitro groups is 1. The molecule has 0 fully saturated rings. The van der Waals surface area contributed by atoms with E-state index in [1.165, 1.54) is 17.8 Å². The van der Waals surface area contributed by atoms with Gasteiger partial charge in [0.15, 0.2) is 5.78 Å². The smallest absolute Gasteiger partial charge is 0.273 e. The molecule has 5 heteroatoms. The maximum absolute atomic E-state index is 12.3. The first-order chi connectivity index (χ1) is 11.5. The second-order valence-corrected chi connectivity index (χ2v) is 6.53. The lowest BCUT2D eigenvalue weighted by Crippen LogP contribution is -2.04. The topological polar surface area (TPSA) is 60.2 Å². The molecule has 0 saturated carbocycles. The minimum absolute atomic E-state index is 0.0171. The number of carbonyl (C=O) groups excluding carboxylic acids is 1. The van der Waals surface area contributed by atoms with E-state index in [0.717, 1.165) is 15.7 Å². The van der Waals surface area contributed by atoms with Crippen LogP contribution in [0.2, 0.25) is 0 Å². The van der Waals surface area contributed by atoms with Crippen LogP contribution in [0, 0.1) is 17.0 Å². The Morgan fingerprint density at radius 1 is 1.04 bits per heavy atom. The molecular weight excluding hydrogens is 322 g/mol. The van der Waals surface area contributed by atoms with E-state index < -0.39 is 4.92 Å². The van der Waals surface area contributed by atoms with Gasteiger partial charge in [-0.05, 0) is 29.8 Å². The van der Waals surface area contributed by atoms with Crippen LogP contribution in [-0.2, 0) is 0 Å². The summed E-state index contributed by atoms with van der Waals surface area (Å²) < 4.78 is 0. The first-order valence-corrected chi connectivity index (χ1v) is 8.43. The lowest BCUT2D eigenvalue weighted by molar-refractivity contribution is -0.385. The van der Waals surface area contributed by atoms with Crippen LogP contribution in [0.15, 0.2) is 65.6 Å². The second kappa shape index (κ2) is 6.84. The SMILES string of the molecule is Cc1ccc(C(=O)CSc2ccc3ccccc3c2)cc1[N+](=O)[O-]. The molecule has 4 nitrogen and oxygen atoms in total. The summed E-state index contributed by atoms with van der Waals surface area (Å²) in [6, 6.07) is 18.7. The summed E-state index contributed by atoms with van der Waals surface area (Å²) in [7, 11) is 0. The zero-order chi connectivity index (χ0) is 17.1. The molecule has 24 heavy (non-hydrogen) atoms. The van der Waals surface area contributed by atoms with E-state index in [-0.39, 0.29) is 17.2 Å². The molecule has 0 aliphatic carbocycles. The Labute approximate surface area is 143 Å². The summed E-state index contributed by atoms with van der Waals surface area (Å²) >= 11 is 1.44. The van der Waals surface area contributed by atoms with Crippen LogP contribution in [0.1, 0.15) is 15.9 Å². The molecule has 3 aromatic rings. The number of ketones is 1. The Kier molecular flexibility index (Phi) is 4.62. The molecule has 0 N–H and O–H groups in total. The second-order valence-electron chi connectivity index (χ2n) is 5.48. The number of fused-ring (bicyclic) bond motifs is 1. The first-order valence-electron chi connectivity index (χ1n) is 7.44. The van der Waals surface area contributed by atoms with Crippen LogP contribution in [-0.4, -0.2) is 16.5 Å². The molecule has 0 aliphatic rings. The van der Waals surface area contributed by atoms with Gasteiger partial charge in [-0.15, -0.1) is 11.8 Å². The van der Waals surface area contributed by atoms with Gasteiger partial charge in [-0.2, -0.15) is 0 Å². The van der Waals surface area contributed by atoms with Crippen molar-refractivity contribution in [2.24, 2.45) is 0 Å². The average Bonchev–Trinajstić information content (AvgIpc) is 2.59. The highest BCUT2D eigenvalue weighted by molar-refractivity contribution is 8.00. The molecule has 0 radical (unpaired) electrons. The lowest BCUT2D eigenvalue weighted by Gasteiger charge is -2.05. The standard InChI is InChI=1S/C19H15NO3S/c1-13-6-7-16(11-18(13)20(22)23)19(21)12-24-17-9-8-14-4-2-3-5-15(14)10-17/h2-11H,12H2,1H3.